The van der Waals surface area contributed by atoms with Crippen molar-refractivity contribution in [3.8, 4) is 5.75 Å². The van der Waals surface area contributed by atoms with Crippen LogP contribution in [-0.2, 0) is 4.79 Å². The van der Waals surface area contributed by atoms with Crippen LogP contribution in [0.5, 0.6) is 5.75 Å². The van der Waals surface area contributed by atoms with Gasteiger partial charge in [-0.05, 0) is 30.8 Å². The van der Waals surface area contributed by atoms with Crippen molar-refractivity contribution in [1.82, 2.24) is 4.90 Å². The number of amides is 1. The Morgan fingerprint density at radius 3 is 2.71 bits per heavy atom. The van der Waals surface area contributed by atoms with E-state index >= 15 is 0 Å². The highest BCUT2D eigenvalue weighted by Crippen LogP contribution is 2.27. The van der Waals surface area contributed by atoms with Gasteiger partial charge in [-0.1, -0.05) is 54.1 Å². The monoisotopic (exact) mass is 344 g/mol. The molecule has 24 heavy (non-hydrogen) atoms. The highest BCUT2D eigenvalue weighted by molar-refractivity contribution is 6.31. The van der Waals surface area contributed by atoms with E-state index in [4.69, 9.17) is 16.3 Å². The molecule has 0 aromatic heterocycles. The largest absolute Gasteiger partial charge is 0.495 e. The van der Waals surface area contributed by atoms with Gasteiger partial charge in [0.05, 0.1) is 19.3 Å². The van der Waals surface area contributed by atoms with Gasteiger partial charge in [0.2, 0.25) is 5.91 Å². The number of benzene rings is 2. The van der Waals surface area contributed by atoms with Crippen LogP contribution in [0.2, 0.25) is 5.02 Å². The highest BCUT2D eigenvalue weighted by atomic mass is 35.5. The molecule has 0 heterocycles. The lowest BCUT2D eigenvalue weighted by Crippen LogP contribution is -2.30. The Bertz CT molecular complexity index is 702. The first-order valence-corrected chi connectivity index (χ1v) is 8.00. The summed E-state index contributed by atoms with van der Waals surface area (Å²) in [5.74, 6) is 0.463. The molecule has 4 nitrogen and oxygen atoms in total. The van der Waals surface area contributed by atoms with Crippen LogP contribution in [0.4, 0.5) is 5.69 Å². The number of carbonyl (C=O) groups is 1. The van der Waals surface area contributed by atoms with Crippen molar-refractivity contribution in [2.45, 2.75) is 0 Å². The molecule has 0 saturated carbocycles. The first-order chi connectivity index (χ1) is 11.6. The molecule has 126 valence electrons. The summed E-state index contributed by atoms with van der Waals surface area (Å²) in [6.07, 6.45) is 4.07. The maximum absolute atomic E-state index is 12.2. The molecule has 0 aliphatic rings. The molecule has 0 radical (unpaired) electrons. The molecule has 2 aromatic rings. The minimum Gasteiger partial charge on any atom is -0.495 e. The van der Waals surface area contributed by atoms with E-state index in [0.29, 0.717) is 23.0 Å². The van der Waals surface area contributed by atoms with Crippen LogP contribution in [0.1, 0.15) is 5.56 Å². The van der Waals surface area contributed by atoms with Crippen molar-refractivity contribution >= 4 is 29.3 Å². The lowest BCUT2D eigenvalue weighted by Gasteiger charge is -2.15. The van der Waals surface area contributed by atoms with Gasteiger partial charge in [-0.15, -0.1) is 0 Å². The van der Waals surface area contributed by atoms with Crippen LogP contribution in [-0.4, -0.2) is 38.1 Å². The minimum atomic E-state index is -0.119. The molecule has 0 aliphatic carbocycles. The summed E-state index contributed by atoms with van der Waals surface area (Å²) in [6, 6.07) is 15.2. The molecule has 2 rings (SSSR count). The van der Waals surface area contributed by atoms with E-state index < -0.39 is 0 Å². The quantitative estimate of drug-likeness (QED) is 0.827. The number of hydrogen-bond donors (Lipinski definition) is 1. The SMILES string of the molecule is COc1ccc(Cl)cc1NC(=O)CN(C)C/C=C/c1ccccc1. The third-order valence-corrected chi connectivity index (χ3v) is 3.61. The van der Waals surface area contributed by atoms with Crippen LogP contribution in [0.3, 0.4) is 0 Å². The van der Waals surface area contributed by atoms with Gasteiger partial charge in [-0.25, -0.2) is 0 Å². The van der Waals surface area contributed by atoms with Crippen LogP contribution in [0, 0.1) is 0 Å². The number of carbonyl (C=O) groups excluding carboxylic acids is 1. The second kappa shape index (κ2) is 9.11. The van der Waals surface area contributed by atoms with Gasteiger partial charge in [0.25, 0.3) is 0 Å². The fraction of sp³-hybridized carbons (Fsp3) is 0.211. The fourth-order valence-corrected chi connectivity index (χ4v) is 2.38. The standard InChI is InChI=1S/C19H21ClN2O2/c1-22(12-6-9-15-7-4-3-5-8-15)14-19(23)21-17-13-16(20)10-11-18(17)24-2/h3-11,13H,12,14H2,1-2H3,(H,21,23)/b9-6+. The lowest BCUT2D eigenvalue weighted by molar-refractivity contribution is -0.116. The van der Waals surface area contributed by atoms with Crippen molar-refractivity contribution in [3.05, 3.63) is 65.2 Å². The number of nitrogens with one attached hydrogen (secondary N) is 1. The Morgan fingerprint density at radius 1 is 1.25 bits per heavy atom. The number of likely N-dealkylation sites (N-methyl/N-ethyl adjacent to an activating group) is 1. The topological polar surface area (TPSA) is 41.6 Å². The summed E-state index contributed by atoms with van der Waals surface area (Å²) in [4.78, 5) is 14.1. The number of halogens is 1. The smallest absolute Gasteiger partial charge is 0.238 e. The third-order valence-electron chi connectivity index (χ3n) is 3.38. The van der Waals surface area contributed by atoms with Crippen molar-refractivity contribution < 1.29 is 9.53 Å². The van der Waals surface area contributed by atoms with Crippen LogP contribution in [0.25, 0.3) is 6.08 Å². The fourth-order valence-electron chi connectivity index (χ4n) is 2.21. The van der Waals surface area contributed by atoms with E-state index in [0.717, 1.165) is 5.56 Å². The zero-order valence-electron chi connectivity index (χ0n) is 13.8. The molecule has 0 spiro atoms. The molecular formula is C19H21ClN2O2. The number of hydrogen-bond acceptors (Lipinski definition) is 3. The third kappa shape index (κ3) is 5.72. The summed E-state index contributed by atoms with van der Waals surface area (Å²) >= 11 is 5.96. The number of anilines is 1. The second-order valence-corrected chi connectivity index (χ2v) is 5.84. The van der Waals surface area contributed by atoms with Gasteiger partial charge in [-0.3, -0.25) is 9.69 Å². The molecule has 0 fully saturated rings. The Balaban J connectivity index is 1.86. The molecule has 0 bridgehead atoms. The Labute approximate surface area is 147 Å². The van der Waals surface area contributed by atoms with E-state index in [9.17, 15) is 4.79 Å². The summed E-state index contributed by atoms with van der Waals surface area (Å²) < 4.78 is 5.22. The first-order valence-electron chi connectivity index (χ1n) is 7.62. The second-order valence-electron chi connectivity index (χ2n) is 5.40. The van der Waals surface area contributed by atoms with Crippen molar-refractivity contribution in [2.75, 3.05) is 32.6 Å². The van der Waals surface area contributed by atoms with Gasteiger partial charge in [-0.2, -0.15) is 0 Å². The number of rotatable bonds is 7. The number of nitrogens with zero attached hydrogens (tertiary/aromatic N) is 1. The van der Waals surface area contributed by atoms with Gasteiger partial charge < -0.3 is 10.1 Å². The molecule has 1 N–H and O–H groups in total. The minimum absolute atomic E-state index is 0.119. The highest BCUT2D eigenvalue weighted by Gasteiger charge is 2.10. The van der Waals surface area contributed by atoms with E-state index in [1.807, 2.05) is 54.4 Å². The predicted molar refractivity (Wildman–Crippen MR) is 99.6 cm³/mol. The van der Waals surface area contributed by atoms with Gasteiger partial charge in [0.1, 0.15) is 5.75 Å². The van der Waals surface area contributed by atoms with Gasteiger partial charge in [0, 0.05) is 11.6 Å². The van der Waals surface area contributed by atoms with E-state index in [-0.39, 0.29) is 12.5 Å². The maximum Gasteiger partial charge on any atom is 0.238 e. The van der Waals surface area contributed by atoms with Crippen LogP contribution in [0.15, 0.2) is 54.6 Å². The predicted octanol–water partition coefficient (Wildman–Crippen LogP) is 3.93. The maximum atomic E-state index is 12.2. The molecule has 5 heteroatoms. The van der Waals surface area contributed by atoms with Crippen molar-refractivity contribution in [1.29, 1.82) is 0 Å². The van der Waals surface area contributed by atoms with E-state index in [2.05, 4.69) is 5.32 Å². The molecular weight excluding hydrogens is 324 g/mol. The van der Waals surface area contributed by atoms with Gasteiger partial charge in [0.15, 0.2) is 0 Å². The zero-order chi connectivity index (χ0) is 17.4. The summed E-state index contributed by atoms with van der Waals surface area (Å²) in [6.45, 7) is 0.948. The van der Waals surface area contributed by atoms with Crippen LogP contribution < -0.4 is 10.1 Å². The molecule has 0 unspecified atom stereocenters. The molecule has 0 aliphatic heterocycles. The number of ether oxygens (including phenoxy) is 1. The van der Waals surface area contributed by atoms with Gasteiger partial charge >= 0.3 is 0 Å². The lowest BCUT2D eigenvalue weighted by atomic mass is 10.2. The average molecular weight is 345 g/mol. The summed E-state index contributed by atoms with van der Waals surface area (Å²) in [5, 5.41) is 3.37. The normalized spacial score (nSPS) is 11.0. The van der Waals surface area contributed by atoms with E-state index in [1.54, 1.807) is 25.3 Å². The van der Waals surface area contributed by atoms with Crippen LogP contribution >= 0.6 is 11.6 Å². The Morgan fingerprint density at radius 2 is 2.00 bits per heavy atom. The van der Waals surface area contributed by atoms with Crippen molar-refractivity contribution in [3.63, 3.8) is 0 Å². The molecule has 1 amide bonds. The molecule has 0 saturated heterocycles. The average Bonchev–Trinajstić information content (AvgIpc) is 2.56. The molecule has 0 atom stereocenters. The number of methoxy groups -OCH3 is 1. The Hall–Kier alpha value is -2.30. The summed E-state index contributed by atoms with van der Waals surface area (Å²) in [7, 11) is 3.45. The molecule has 2 aromatic carbocycles. The van der Waals surface area contributed by atoms with E-state index in [1.165, 1.54) is 0 Å². The Kier molecular flexibility index (Phi) is 6.85. The first kappa shape index (κ1) is 18.0. The summed E-state index contributed by atoms with van der Waals surface area (Å²) in [5.41, 5.74) is 1.71. The van der Waals surface area contributed by atoms with Crippen molar-refractivity contribution in [2.24, 2.45) is 0 Å². The zero-order valence-corrected chi connectivity index (χ0v) is 14.6.